The second kappa shape index (κ2) is 10.2. The number of ketones is 1. The Balaban J connectivity index is 1.57. The number of benzene rings is 4. The summed E-state index contributed by atoms with van der Waals surface area (Å²) in [6, 6.07) is 34.7. The minimum absolute atomic E-state index is 0.0327. The van der Waals surface area contributed by atoms with Gasteiger partial charge in [-0.3, -0.25) is 9.80 Å². The molecule has 1 N–H and O–H groups in total. The van der Waals surface area contributed by atoms with E-state index < -0.39 is 11.5 Å². The van der Waals surface area contributed by atoms with Crippen molar-refractivity contribution in [3.8, 4) is 11.1 Å². The van der Waals surface area contributed by atoms with E-state index >= 15 is 0 Å². The number of H-pyrrole nitrogens is 1. The van der Waals surface area contributed by atoms with E-state index in [1.54, 1.807) is 6.20 Å². The van der Waals surface area contributed by atoms with E-state index in [-0.39, 0.29) is 5.78 Å². The fourth-order valence-corrected chi connectivity index (χ4v) is 5.69. The number of Topliss-reactive ketones (excluding diaryl/α,β-unsaturated/α-hetero) is 1. The van der Waals surface area contributed by atoms with Crippen LogP contribution in [0.2, 0.25) is 10.0 Å². The predicted octanol–water partition coefficient (Wildman–Crippen LogP) is 8.84. The Kier molecular flexibility index (Phi) is 6.59. The molecule has 1 aliphatic rings. The number of para-hydroxylation sites is 1. The zero-order valence-corrected chi connectivity index (χ0v) is 22.7. The number of aromatic amines is 1. The third-order valence-electron chi connectivity index (χ3n) is 7.36. The Hall–Kier alpha value is -4.12. The molecule has 39 heavy (non-hydrogen) atoms. The van der Waals surface area contributed by atoms with Gasteiger partial charge in [-0.1, -0.05) is 96.0 Å². The fraction of sp³-hybridized carbons (Fsp3) is 0.0909. The predicted molar refractivity (Wildman–Crippen MR) is 160 cm³/mol. The third-order valence-corrected chi connectivity index (χ3v) is 7.87. The molecule has 6 rings (SSSR count). The molecule has 5 aromatic rings. The van der Waals surface area contributed by atoms with E-state index in [0.29, 0.717) is 21.3 Å². The van der Waals surface area contributed by atoms with Crippen LogP contribution < -0.4 is 5.01 Å². The van der Waals surface area contributed by atoms with Crippen LogP contribution in [0.3, 0.4) is 0 Å². The van der Waals surface area contributed by atoms with Crippen molar-refractivity contribution >= 4 is 40.4 Å². The average Bonchev–Trinajstić information content (AvgIpc) is 3.58. The maximum Gasteiger partial charge on any atom is 0.179 e. The molecule has 0 bridgehead atoms. The summed E-state index contributed by atoms with van der Waals surface area (Å²) in [4.78, 5) is 18.1. The van der Waals surface area contributed by atoms with Gasteiger partial charge < -0.3 is 4.98 Å². The van der Waals surface area contributed by atoms with Crippen LogP contribution in [0.1, 0.15) is 34.5 Å². The van der Waals surface area contributed by atoms with Crippen LogP contribution in [0.5, 0.6) is 0 Å². The summed E-state index contributed by atoms with van der Waals surface area (Å²) in [6.07, 6.45) is 3.64. The van der Waals surface area contributed by atoms with Gasteiger partial charge in [-0.25, -0.2) is 0 Å². The van der Waals surface area contributed by atoms with Gasteiger partial charge in [-0.05, 0) is 60.0 Å². The summed E-state index contributed by atoms with van der Waals surface area (Å²) >= 11 is 12.4. The van der Waals surface area contributed by atoms with Crippen molar-refractivity contribution in [2.75, 3.05) is 5.01 Å². The highest BCUT2D eigenvalue weighted by atomic mass is 35.5. The SMILES string of the molecule is CC1(C(=O)c2c[nH]cc2-c2ccc(Cl)cc2)C(c2ccc(Cl)cc2)=NN(c2ccccc2)C1c1ccccc1. The van der Waals surface area contributed by atoms with Gasteiger partial charge in [-0.15, -0.1) is 0 Å². The van der Waals surface area contributed by atoms with E-state index in [4.69, 9.17) is 28.3 Å². The van der Waals surface area contributed by atoms with Crippen LogP contribution in [0, 0.1) is 5.41 Å². The summed E-state index contributed by atoms with van der Waals surface area (Å²) in [5, 5.41) is 8.42. The van der Waals surface area contributed by atoms with Crippen molar-refractivity contribution in [3.05, 3.63) is 148 Å². The molecule has 0 fully saturated rings. The molecule has 0 saturated carbocycles. The quantitative estimate of drug-likeness (QED) is 0.215. The van der Waals surface area contributed by atoms with Crippen LogP contribution >= 0.6 is 23.2 Å². The van der Waals surface area contributed by atoms with Crippen molar-refractivity contribution in [3.63, 3.8) is 0 Å². The third kappa shape index (κ3) is 4.46. The molecule has 2 unspecified atom stereocenters. The first-order valence-corrected chi connectivity index (χ1v) is 13.4. The number of nitrogens with zero attached hydrogens (tertiary/aromatic N) is 2. The number of nitrogens with one attached hydrogen (secondary N) is 1. The van der Waals surface area contributed by atoms with Crippen molar-refractivity contribution in [1.29, 1.82) is 0 Å². The second-order valence-corrected chi connectivity index (χ2v) is 10.6. The molecule has 2 atom stereocenters. The van der Waals surface area contributed by atoms with Crippen LogP contribution in [0.15, 0.2) is 127 Å². The first-order valence-electron chi connectivity index (χ1n) is 12.7. The molecule has 0 amide bonds. The lowest BCUT2D eigenvalue weighted by atomic mass is 9.68. The van der Waals surface area contributed by atoms with Gasteiger partial charge in [-0.2, -0.15) is 5.10 Å². The zero-order chi connectivity index (χ0) is 27.0. The zero-order valence-electron chi connectivity index (χ0n) is 21.2. The van der Waals surface area contributed by atoms with E-state index in [1.165, 1.54) is 0 Å². The number of hydrogen-bond donors (Lipinski definition) is 1. The lowest BCUT2D eigenvalue weighted by molar-refractivity contribution is 0.0869. The average molecular weight is 550 g/mol. The van der Waals surface area contributed by atoms with Gasteiger partial charge in [0.25, 0.3) is 0 Å². The molecule has 0 spiro atoms. The number of halogens is 2. The van der Waals surface area contributed by atoms with E-state index in [1.807, 2.05) is 115 Å². The summed E-state index contributed by atoms with van der Waals surface area (Å²) in [7, 11) is 0. The molecule has 0 radical (unpaired) electrons. The topological polar surface area (TPSA) is 48.5 Å². The number of hydrogen-bond acceptors (Lipinski definition) is 3. The number of anilines is 1. The van der Waals surface area contributed by atoms with Gasteiger partial charge in [0.05, 0.1) is 17.4 Å². The largest absolute Gasteiger partial charge is 0.366 e. The smallest absolute Gasteiger partial charge is 0.179 e. The maximum atomic E-state index is 14.9. The molecular formula is C33H25Cl2N3O. The summed E-state index contributed by atoms with van der Waals surface area (Å²) in [5.41, 5.74) is 4.70. The van der Waals surface area contributed by atoms with Gasteiger partial charge in [0.15, 0.2) is 5.78 Å². The normalized spacial score (nSPS) is 18.7. The summed E-state index contributed by atoms with van der Waals surface area (Å²) < 4.78 is 0. The maximum absolute atomic E-state index is 14.9. The summed E-state index contributed by atoms with van der Waals surface area (Å²) in [5.74, 6) is -0.0327. The Morgan fingerprint density at radius 1 is 0.769 bits per heavy atom. The Labute approximate surface area is 237 Å². The van der Waals surface area contributed by atoms with Gasteiger partial charge in [0, 0.05) is 33.6 Å². The highest BCUT2D eigenvalue weighted by Crippen LogP contribution is 2.51. The molecule has 2 heterocycles. The standard InChI is InChI=1S/C33H25Cl2N3O/c1-33(32(39)29-21-36-20-28(29)22-12-16-25(34)17-13-22)30(23-14-18-26(35)19-15-23)37-38(27-10-6-3-7-11-27)31(33)24-8-4-2-5-9-24/h2-21,31,36H,1H3. The second-order valence-electron chi connectivity index (χ2n) is 9.77. The minimum atomic E-state index is -1.05. The molecule has 1 aliphatic heterocycles. The van der Waals surface area contributed by atoms with Crippen LogP contribution in [-0.2, 0) is 0 Å². The number of carbonyl (C=O) groups excluding carboxylic acids is 1. The van der Waals surface area contributed by atoms with Crippen molar-refractivity contribution in [2.45, 2.75) is 13.0 Å². The highest BCUT2D eigenvalue weighted by molar-refractivity contribution is 6.31. The van der Waals surface area contributed by atoms with Gasteiger partial charge >= 0.3 is 0 Å². The first-order chi connectivity index (χ1) is 19.0. The van der Waals surface area contributed by atoms with E-state index in [2.05, 4.69) is 17.1 Å². The van der Waals surface area contributed by atoms with E-state index in [9.17, 15) is 4.79 Å². The molecule has 0 aliphatic carbocycles. The number of aromatic nitrogens is 1. The lowest BCUT2D eigenvalue weighted by Gasteiger charge is -2.35. The van der Waals surface area contributed by atoms with Crippen molar-refractivity contribution in [2.24, 2.45) is 10.5 Å². The van der Waals surface area contributed by atoms with E-state index in [0.717, 1.165) is 27.9 Å². The summed E-state index contributed by atoms with van der Waals surface area (Å²) in [6.45, 7) is 2.00. The van der Waals surface area contributed by atoms with Crippen LogP contribution in [0.25, 0.3) is 11.1 Å². The number of hydrazone groups is 1. The first kappa shape index (κ1) is 25.2. The van der Waals surface area contributed by atoms with Gasteiger partial charge in [0.2, 0.25) is 0 Å². The molecule has 4 nitrogen and oxygen atoms in total. The molecule has 192 valence electrons. The highest BCUT2D eigenvalue weighted by Gasteiger charge is 2.55. The molecule has 1 aromatic heterocycles. The van der Waals surface area contributed by atoms with Gasteiger partial charge in [0.1, 0.15) is 5.41 Å². The Morgan fingerprint density at radius 3 is 1.95 bits per heavy atom. The molecule has 0 saturated heterocycles. The van der Waals surface area contributed by atoms with Crippen LogP contribution in [-0.4, -0.2) is 16.5 Å². The lowest BCUT2D eigenvalue weighted by Crippen LogP contribution is -2.42. The Morgan fingerprint density at radius 2 is 1.33 bits per heavy atom. The van der Waals surface area contributed by atoms with Crippen molar-refractivity contribution in [1.82, 2.24) is 4.98 Å². The molecule has 6 heteroatoms. The van der Waals surface area contributed by atoms with Crippen LogP contribution in [0.4, 0.5) is 5.69 Å². The molecule has 4 aromatic carbocycles. The fourth-order valence-electron chi connectivity index (χ4n) is 5.44. The number of rotatable bonds is 6. The number of carbonyl (C=O) groups is 1. The van der Waals surface area contributed by atoms with Crippen molar-refractivity contribution < 1.29 is 4.79 Å². The molecular weight excluding hydrogens is 525 g/mol. The Bertz CT molecular complexity index is 1650. The monoisotopic (exact) mass is 549 g/mol. The minimum Gasteiger partial charge on any atom is -0.366 e.